The number of rotatable bonds is 2. The van der Waals surface area contributed by atoms with E-state index in [9.17, 15) is 4.79 Å². The molecule has 1 N–H and O–H groups in total. The summed E-state index contributed by atoms with van der Waals surface area (Å²) < 4.78 is 5.40. The normalized spacial score (nSPS) is 19.6. The monoisotopic (exact) mass is 278 g/mol. The lowest BCUT2D eigenvalue weighted by Crippen LogP contribution is -2.47. The van der Waals surface area contributed by atoms with Crippen molar-refractivity contribution in [1.29, 1.82) is 0 Å². The van der Waals surface area contributed by atoms with Crippen molar-refractivity contribution in [2.24, 2.45) is 0 Å². The maximum absolute atomic E-state index is 12.1. The molecule has 0 aromatic carbocycles. The van der Waals surface area contributed by atoms with Crippen LogP contribution >= 0.6 is 0 Å². The van der Waals surface area contributed by atoms with E-state index in [1.807, 2.05) is 20.8 Å². The molecule has 1 unspecified atom stereocenters. The Labute approximate surface area is 119 Å². The van der Waals surface area contributed by atoms with Crippen molar-refractivity contribution in [2.45, 2.75) is 45.3 Å². The molecule has 2 rings (SSSR count). The molecule has 1 saturated heterocycles. The van der Waals surface area contributed by atoms with E-state index in [4.69, 9.17) is 4.74 Å². The lowest BCUT2D eigenvalue weighted by Gasteiger charge is -2.34. The number of amides is 1. The van der Waals surface area contributed by atoms with E-state index >= 15 is 0 Å². The second-order valence-electron chi connectivity index (χ2n) is 5.98. The summed E-state index contributed by atoms with van der Waals surface area (Å²) in [7, 11) is 0. The van der Waals surface area contributed by atoms with Crippen molar-refractivity contribution in [3.8, 4) is 0 Å². The Morgan fingerprint density at radius 2 is 2.10 bits per heavy atom. The number of piperidine rings is 1. The summed E-state index contributed by atoms with van der Waals surface area (Å²) in [6, 6.07) is 1.94. The number of carbonyl (C=O) groups excluding carboxylic acids is 1. The van der Waals surface area contributed by atoms with Crippen molar-refractivity contribution in [3.05, 3.63) is 18.5 Å². The number of likely N-dealkylation sites (tertiary alicyclic amines) is 1. The molecule has 0 saturated carbocycles. The van der Waals surface area contributed by atoms with Crippen LogP contribution in [0.5, 0.6) is 0 Å². The molecule has 1 atom stereocenters. The zero-order chi connectivity index (χ0) is 14.6. The van der Waals surface area contributed by atoms with Gasteiger partial charge in [0.1, 0.15) is 5.60 Å². The van der Waals surface area contributed by atoms with Crippen LogP contribution in [0.1, 0.15) is 33.6 Å². The largest absolute Gasteiger partial charge is 0.444 e. The lowest BCUT2D eigenvalue weighted by atomic mass is 10.1. The van der Waals surface area contributed by atoms with Crippen LogP contribution in [0.3, 0.4) is 0 Å². The molecule has 0 radical (unpaired) electrons. The first kappa shape index (κ1) is 14.6. The van der Waals surface area contributed by atoms with Gasteiger partial charge in [-0.15, -0.1) is 0 Å². The number of carbonyl (C=O) groups is 1. The molecule has 1 aliphatic heterocycles. The van der Waals surface area contributed by atoms with Crippen LogP contribution < -0.4 is 5.32 Å². The fraction of sp³-hybridized carbons (Fsp3) is 0.643. The highest BCUT2D eigenvalue weighted by Gasteiger charge is 2.27. The fourth-order valence-corrected chi connectivity index (χ4v) is 2.14. The predicted molar refractivity (Wildman–Crippen MR) is 76.5 cm³/mol. The molecule has 1 aromatic heterocycles. The Balaban J connectivity index is 1.90. The molecule has 0 bridgehead atoms. The van der Waals surface area contributed by atoms with Gasteiger partial charge in [0.2, 0.25) is 5.95 Å². The second kappa shape index (κ2) is 6.07. The first-order chi connectivity index (χ1) is 9.44. The first-order valence-corrected chi connectivity index (χ1v) is 6.95. The molecular formula is C14H22N4O2. The third-order valence-electron chi connectivity index (χ3n) is 2.97. The van der Waals surface area contributed by atoms with Gasteiger partial charge in [-0.1, -0.05) is 0 Å². The van der Waals surface area contributed by atoms with Gasteiger partial charge in [-0.05, 0) is 39.7 Å². The van der Waals surface area contributed by atoms with E-state index in [2.05, 4.69) is 15.3 Å². The van der Waals surface area contributed by atoms with Crippen LogP contribution in [0, 0.1) is 0 Å². The molecular weight excluding hydrogens is 256 g/mol. The Kier molecular flexibility index (Phi) is 4.42. The van der Waals surface area contributed by atoms with Crippen molar-refractivity contribution < 1.29 is 9.53 Å². The van der Waals surface area contributed by atoms with Crippen LogP contribution in [0.4, 0.5) is 10.7 Å². The standard InChI is InChI=1S/C14H22N4O2/c1-14(2,3)20-13(19)18-9-4-6-11(10-18)17-12-15-7-5-8-16-12/h5,7-8,11H,4,6,9-10H2,1-3H3,(H,15,16,17). The van der Waals surface area contributed by atoms with Gasteiger partial charge >= 0.3 is 6.09 Å². The Hall–Kier alpha value is -1.85. The Morgan fingerprint density at radius 1 is 1.40 bits per heavy atom. The smallest absolute Gasteiger partial charge is 0.410 e. The summed E-state index contributed by atoms with van der Waals surface area (Å²) in [6.07, 6.45) is 5.09. The van der Waals surface area contributed by atoms with Crippen LogP contribution in [-0.2, 0) is 4.74 Å². The topological polar surface area (TPSA) is 67.3 Å². The van der Waals surface area contributed by atoms with Gasteiger partial charge in [0.15, 0.2) is 0 Å². The number of hydrogen-bond acceptors (Lipinski definition) is 5. The zero-order valence-corrected chi connectivity index (χ0v) is 12.3. The van der Waals surface area contributed by atoms with Crippen molar-refractivity contribution in [1.82, 2.24) is 14.9 Å². The molecule has 1 amide bonds. The number of ether oxygens (including phenoxy) is 1. The zero-order valence-electron chi connectivity index (χ0n) is 12.3. The molecule has 1 fully saturated rings. The molecule has 0 aliphatic carbocycles. The molecule has 110 valence electrons. The van der Waals surface area contributed by atoms with E-state index in [1.165, 1.54) is 0 Å². The van der Waals surface area contributed by atoms with Gasteiger partial charge in [-0.25, -0.2) is 14.8 Å². The minimum atomic E-state index is -0.458. The summed E-state index contributed by atoms with van der Waals surface area (Å²) in [4.78, 5) is 22.1. The molecule has 1 aliphatic rings. The van der Waals surface area contributed by atoms with E-state index in [0.717, 1.165) is 19.4 Å². The molecule has 2 heterocycles. The van der Waals surface area contributed by atoms with Crippen molar-refractivity contribution in [3.63, 3.8) is 0 Å². The van der Waals surface area contributed by atoms with Gasteiger partial charge in [-0.3, -0.25) is 0 Å². The summed E-state index contributed by atoms with van der Waals surface area (Å²) in [5, 5.41) is 3.26. The van der Waals surface area contributed by atoms with E-state index in [0.29, 0.717) is 12.5 Å². The van der Waals surface area contributed by atoms with Gasteiger partial charge in [0.05, 0.1) is 0 Å². The van der Waals surface area contributed by atoms with Crippen LogP contribution in [-0.4, -0.2) is 45.7 Å². The minimum absolute atomic E-state index is 0.165. The number of nitrogens with zero attached hydrogens (tertiary/aromatic N) is 3. The van der Waals surface area contributed by atoms with Crippen LogP contribution in [0.25, 0.3) is 0 Å². The summed E-state index contributed by atoms with van der Waals surface area (Å²) in [6.45, 7) is 6.99. The SMILES string of the molecule is CC(C)(C)OC(=O)N1CCCC(Nc2ncccn2)C1. The number of hydrogen-bond donors (Lipinski definition) is 1. The number of aromatic nitrogens is 2. The molecule has 20 heavy (non-hydrogen) atoms. The molecule has 0 spiro atoms. The van der Waals surface area contributed by atoms with E-state index in [-0.39, 0.29) is 12.1 Å². The quantitative estimate of drug-likeness (QED) is 0.899. The molecule has 1 aromatic rings. The van der Waals surface area contributed by atoms with E-state index < -0.39 is 5.60 Å². The van der Waals surface area contributed by atoms with Crippen LogP contribution in [0.2, 0.25) is 0 Å². The molecule has 6 nitrogen and oxygen atoms in total. The fourth-order valence-electron chi connectivity index (χ4n) is 2.14. The number of nitrogens with one attached hydrogen (secondary N) is 1. The lowest BCUT2D eigenvalue weighted by molar-refractivity contribution is 0.0206. The summed E-state index contributed by atoms with van der Waals surface area (Å²) in [5.74, 6) is 0.600. The van der Waals surface area contributed by atoms with Crippen LogP contribution in [0.15, 0.2) is 18.5 Å². The second-order valence-corrected chi connectivity index (χ2v) is 5.98. The summed E-state index contributed by atoms with van der Waals surface area (Å²) in [5.41, 5.74) is -0.458. The Morgan fingerprint density at radius 3 is 2.75 bits per heavy atom. The maximum atomic E-state index is 12.1. The van der Waals surface area contributed by atoms with Crippen molar-refractivity contribution >= 4 is 12.0 Å². The van der Waals surface area contributed by atoms with Gasteiger partial charge in [0.25, 0.3) is 0 Å². The summed E-state index contributed by atoms with van der Waals surface area (Å²) >= 11 is 0. The highest BCUT2D eigenvalue weighted by molar-refractivity contribution is 5.68. The number of anilines is 1. The average Bonchev–Trinajstić information content (AvgIpc) is 2.38. The minimum Gasteiger partial charge on any atom is -0.444 e. The third-order valence-corrected chi connectivity index (χ3v) is 2.97. The average molecular weight is 278 g/mol. The predicted octanol–water partition coefficient (Wildman–Crippen LogP) is 2.29. The van der Waals surface area contributed by atoms with Gasteiger partial charge < -0.3 is 15.0 Å². The highest BCUT2D eigenvalue weighted by Crippen LogP contribution is 2.17. The first-order valence-electron chi connectivity index (χ1n) is 6.95. The van der Waals surface area contributed by atoms with Gasteiger partial charge in [0, 0.05) is 31.5 Å². The molecule has 6 heteroatoms. The van der Waals surface area contributed by atoms with E-state index in [1.54, 1.807) is 23.4 Å². The highest BCUT2D eigenvalue weighted by atomic mass is 16.6. The Bertz CT molecular complexity index is 444. The van der Waals surface area contributed by atoms with Crippen molar-refractivity contribution in [2.75, 3.05) is 18.4 Å². The maximum Gasteiger partial charge on any atom is 0.410 e. The van der Waals surface area contributed by atoms with Gasteiger partial charge in [-0.2, -0.15) is 0 Å². The third kappa shape index (κ3) is 4.36.